The van der Waals surface area contributed by atoms with Gasteiger partial charge in [0.25, 0.3) is 0 Å². The molecule has 1 fully saturated rings. The fourth-order valence-electron chi connectivity index (χ4n) is 2.14. The molecule has 15 heavy (non-hydrogen) atoms. The van der Waals surface area contributed by atoms with Gasteiger partial charge in [-0.2, -0.15) is 0 Å². The van der Waals surface area contributed by atoms with Gasteiger partial charge in [0.1, 0.15) is 0 Å². The summed E-state index contributed by atoms with van der Waals surface area (Å²) < 4.78 is 0. The second kappa shape index (κ2) is 4.24. The lowest BCUT2D eigenvalue weighted by Crippen LogP contribution is -2.53. The van der Waals surface area contributed by atoms with Crippen LogP contribution in [-0.2, 0) is 6.54 Å². The summed E-state index contributed by atoms with van der Waals surface area (Å²) in [6, 6.07) is 2.25. The summed E-state index contributed by atoms with van der Waals surface area (Å²) in [5, 5.41) is 12.8. The van der Waals surface area contributed by atoms with Crippen molar-refractivity contribution in [3.05, 3.63) is 21.4 Å². The van der Waals surface area contributed by atoms with Crippen LogP contribution in [0.2, 0.25) is 0 Å². The molecule has 0 unspecified atom stereocenters. The topological polar surface area (TPSA) is 32.3 Å². The van der Waals surface area contributed by atoms with Crippen LogP contribution in [0, 0.1) is 13.8 Å². The first-order valence-electron chi connectivity index (χ1n) is 5.57. The highest BCUT2D eigenvalue weighted by molar-refractivity contribution is 7.12. The molecule has 1 aromatic heterocycles. The molecule has 0 aliphatic heterocycles. The molecule has 1 saturated carbocycles. The van der Waals surface area contributed by atoms with E-state index in [0.717, 1.165) is 19.4 Å². The Balaban J connectivity index is 1.95. The summed E-state index contributed by atoms with van der Waals surface area (Å²) >= 11 is 1.85. The van der Waals surface area contributed by atoms with E-state index in [1.807, 2.05) is 11.3 Å². The van der Waals surface area contributed by atoms with Crippen LogP contribution in [0.3, 0.4) is 0 Å². The molecule has 84 valence electrons. The molecule has 0 bridgehead atoms. The Morgan fingerprint density at radius 2 is 2.20 bits per heavy atom. The predicted molar refractivity (Wildman–Crippen MR) is 64.3 cm³/mol. The molecule has 0 saturated heterocycles. The monoisotopic (exact) mass is 225 g/mol. The van der Waals surface area contributed by atoms with Gasteiger partial charge in [0.05, 0.1) is 6.61 Å². The summed E-state index contributed by atoms with van der Waals surface area (Å²) in [7, 11) is 0. The fraction of sp³-hybridized carbons (Fsp3) is 0.667. The van der Waals surface area contributed by atoms with Crippen LogP contribution in [0.5, 0.6) is 0 Å². The Kier molecular flexibility index (Phi) is 3.14. The zero-order valence-electron chi connectivity index (χ0n) is 9.47. The Morgan fingerprint density at radius 1 is 1.47 bits per heavy atom. The molecule has 0 aromatic carbocycles. The zero-order valence-corrected chi connectivity index (χ0v) is 10.3. The van der Waals surface area contributed by atoms with Crippen molar-refractivity contribution < 1.29 is 5.11 Å². The van der Waals surface area contributed by atoms with Crippen molar-refractivity contribution in [1.82, 2.24) is 5.32 Å². The minimum absolute atomic E-state index is 0.0300. The fourth-order valence-corrected chi connectivity index (χ4v) is 3.08. The largest absolute Gasteiger partial charge is 0.394 e. The highest BCUT2D eigenvalue weighted by Gasteiger charge is 2.35. The van der Waals surface area contributed by atoms with Gasteiger partial charge in [0.15, 0.2) is 0 Å². The molecule has 1 aromatic rings. The van der Waals surface area contributed by atoms with Gasteiger partial charge in [-0.15, -0.1) is 11.3 Å². The lowest BCUT2D eigenvalue weighted by atomic mass is 9.77. The number of aliphatic hydroxyl groups excluding tert-OH is 1. The van der Waals surface area contributed by atoms with Crippen LogP contribution in [0.4, 0.5) is 0 Å². The van der Waals surface area contributed by atoms with Gasteiger partial charge in [0, 0.05) is 21.8 Å². The first-order valence-corrected chi connectivity index (χ1v) is 6.39. The van der Waals surface area contributed by atoms with Gasteiger partial charge in [0.2, 0.25) is 0 Å². The summed E-state index contributed by atoms with van der Waals surface area (Å²) in [6.07, 6.45) is 3.48. The third-order valence-electron chi connectivity index (χ3n) is 3.41. The molecular weight excluding hydrogens is 206 g/mol. The smallest absolute Gasteiger partial charge is 0.0613 e. The predicted octanol–water partition coefficient (Wildman–Crippen LogP) is 2.37. The number of aryl methyl sites for hydroxylation is 2. The van der Waals surface area contributed by atoms with Crippen LogP contribution in [0.25, 0.3) is 0 Å². The van der Waals surface area contributed by atoms with Crippen molar-refractivity contribution >= 4 is 11.3 Å². The third-order valence-corrected chi connectivity index (χ3v) is 4.42. The zero-order chi connectivity index (χ0) is 10.9. The van der Waals surface area contributed by atoms with E-state index in [9.17, 15) is 5.11 Å². The van der Waals surface area contributed by atoms with Gasteiger partial charge in [-0.3, -0.25) is 0 Å². The van der Waals surface area contributed by atoms with E-state index in [0.29, 0.717) is 0 Å². The SMILES string of the molecule is Cc1cc(CNC2(CO)CCC2)c(C)s1. The molecule has 1 aliphatic rings. The number of hydrogen-bond acceptors (Lipinski definition) is 3. The average Bonchev–Trinajstić information content (AvgIpc) is 2.44. The molecule has 2 N–H and O–H groups in total. The van der Waals surface area contributed by atoms with E-state index in [2.05, 4.69) is 25.2 Å². The first-order chi connectivity index (χ1) is 7.15. The Labute approximate surface area is 95.3 Å². The van der Waals surface area contributed by atoms with Crippen molar-refractivity contribution in [2.24, 2.45) is 0 Å². The van der Waals surface area contributed by atoms with E-state index >= 15 is 0 Å². The number of rotatable bonds is 4. The number of hydrogen-bond donors (Lipinski definition) is 2. The Bertz CT molecular complexity index is 336. The summed E-state index contributed by atoms with van der Waals surface area (Å²) in [5.74, 6) is 0. The Hall–Kier alpha value is -0.380. The van der Waals surface area contributed by atoms with Crippen molar-refractivity contribution in [1.29, 1.82) is 0 Å². The van der Waals surface area contributed by atoms with E-state index in [-0.39, 0.29) is 12.1 Å². The first kappa shape index (κ1) is 11.1. The van der Waals surface area contributed by atoms with E-state index < -0.39 is 0 Å². The molecule has 3 heteroatoms. The summed E-state index contributed by atoms with van der Waals surface area (Å²) in [5.41, 5.74) is 1.42. The Morgan fingerprint density at radius 3 is 2.60 bits per heavy atom. The standard InChI is InChI=1S/C12H19NOS/c1-9-6-11(10(2)15-9)7-13-12(8-14)4-3-5-12/h6,13-14H,3-5,7-8H2,1-2H3. The van der Waals surface area contributed by atoms with Gasteiger partial charge in [-0.1, -0.05) is 0 Å². The lowest BCUT2D eigenvalue weighted by Gasteiger charge is -2.41. The quantitative estimate of drug-likeness (QED) is 0.824. The van der Waals surface area contributed by atoms with Crippen molar-refractivity contribution in [3.8, 4) is 0 Å². The van der Waals surface area contributed by atoms with Crippen molar-refractivity contribution in [2.45, 2.75) is 45.2 Å². The van der Waals surface area contributed by atoms with Crippen LogP contribution in [-0.4, -0.2) is 17.3 Å². The number of thiophene rings is 1. The normalized spacial score (nSPS) is 18.9. The molecule has 0 atom stereocenters. The molecule has 2 nitrogen and oxygen atoms in total. The van der Waals surface area contributed by atoms with Crippen LogP contribution < -0.4 is 5.32 Å². The van der Waals surface area contributed by atoms with E-state index in [1.165, 1.54) is 21.7 Å². The molecular formula is C12H19NOS. The maximum Gasteiger partial charge on any atom is 0.0613 e. The van der Waals surface area contributed by atoms with E-state index in [4.69, 9.17) is 0 Å². The highest BCUT2D eigenvalue weighted by Crippen LogP contribution is 2.32. The van der Waals surface area contributed by atoms with Crippen LogP contribution in [0.15, 0.2) is 6.07 Å². The van der Waals surface area contributed by atoms with Crippen molar-refractivity contribution in [3.63, 3.8) is 0 Å². The minimum Gasteiger partial charge on any atom is -0.394 e. The summed E-state index contributed by atoms with van der Waals surface area (Å²) in [4.78, 5) is 2.77. The summed E-state index contributed by atoms with van der Waals surface area (Å²) in [6.45, 7) is 5.49. The molecule has 0 spiro atoms. The third kappa shape index (κ3) is 2.25. The highest BCUT2D eigenvalue weighted by atomic mass is 32.1. The molecule has 1 aliphatic carbocycles. The second-order valence-corrected chi connectivity index (χ2v) is 6.04. The molecule has 0 amide bonds. The van der Waals surface area contributed by atoms with Crippen LogP contribution in [0.1, 0.15) is 34.6 Å². The maximum atomic E-state index is 9.33. The van der Waals surface area contributed by atoms with Crippen molar-refractivity contribution in [2.75, 3.05) is 6.61 Å². The number of nitrogens with one attached hydrogen (secondary N) is 1. The maximum absolute atomic E-state index is 9.33. The minimum atomic E-state index is 0.0300. The van der Waals surface area contributed by atoms with Gasteiger partial charge >= 0.3 is 0 Å². The molecule has 0 radical (unpaired) electrons. The average molecular weight is 225 g/mol. The van der Waals surface area contributed by atoms with Gasteiger partial charge < -0.3 is 10.4 Å². The van der Waals surface area contributed by atoms with Crippen LogP contribution >= 0.6 is 11.3 Å². The molecule has 2 rings (SSSR count). The van der Waals surface area contributed by atoms with Gasteiger partial charge in [-0.25, -0.2) is 0 Å². The second-order valence-electron chi connectivity index (χ2n) is 4.58. The number of aliphatic hydroxyl groups is 1. The molecule has 1 heterocycles. The van der Waals surface area contributed by atoms with Gasteiger partial charge in [-0.05, 0) is 44.7 Å². The van der Waals surface area contributed by atoms with E-state index in [1.54, 1.807) is 0 Å². The lowest BCUT2D eigenvalue weighted by molar-refractivity contribution is 0.0872.